The van der Waals surface area contributed by atoms with Crippen LogP contribution in [0, 0.1) is 0 Å². The fourth-order valence-electron chi connectivity index (χ4n) is 2.90. The third-order valence-electron chi connectivity index (χ3n) is 4.09. The van der Waals surface area contributed by atoms with Crippen LogP contribution >= 0.6 is 0 Å². The molecule has 108 valence electrons. The lowest BCUT2D eigenvalue weighted by Crippen LogP contribution is -2.16. The second kappa shape index (κ2) is 4.65. The molecule has 2 aliphatic rings. The number of ketones is 1. The summed E-state index contributed by atoms with van der Waals surface area (Å²) in [7, 11) is 1.60. The van der Waals surface area contributed by atoms with Crippen LogP contribution in [0.15, 0.2) is 12.4 Å². The monoisotopic (exact) mass is 284 g/mol. The van der Waals surface area contributed by atoms with Gasteiger partial charge in [0.1, 0.15) is 17.7 Å². The van der Waals surface area contributed by atoms with Crippen LogP contribution in [-0.4, -0.2) is 32.6 Å². The number of fused-ring (bicyclic) bond motifs is 1. The summed E-state index contributed by atoms with van der Waals surface area (Å²) < 4.78 is 7.19. The highest BCUT2D eigenvalue weighted by Crippen LogP contribution is 2.45. The maximum atomic E-state index is 12.0. The number of Topliss-reactive ketones (excluding diaryl/α,β-unsaturated/α-hetero) is 1. The van der Waals surface area contributed by atoms with E-state index in [4.69, 9.17) is 4.74 Å². The first kappa shape index (κ1) is 12.5. The number of carbonyl (C=O) groups excluding carboxylic acids is 1. The van der Waals surface area contributed by atoms with Gasteiger partial charge in [0, 0.05) is 18.9 Å². The van der Waals surface area contributed by atoms with Gasteiger partial charge in [0.05, 0.1) is 18.4 Å². The van der Waals surface area contributed by atoms with Crippen molar-refractivity contribution >= 4 is 5.78 Å². The Balaban J connectivity index is 1.88. The average molecular weight is 284 g/mol. The van der Waals surface area contributed by atoms with E-state index in [2.05, 4.69) is 15.1 Å². The normalized spacial score (nSPS) is 17.7. The topological polar surface area (TPSA) is 69.9 Å². The van der Waals surface area contributed by atoms with Gasteiger partial charge in [0.2, 0.25) is 5.88 Å². The van der Waals surface area contributed by atoms with E-state index in [0.717, 1.165) is 42.8 Å². The maximum Gasteiger partial charge on any atom is 0.226 e. The molecule has 0 aromatic carbocycles. The number of ether oxygens (including phenoxy) is 1. The molecule has 6 heteroatoms. The fraction of sp³-hybridized carbons (Fsp3) is 0.467. The van der Waals surface area contributed by atoms with Crippen molar-refractivity contribution in [2.75, 3.05) is 7.11 Å². The minimum atomic E-state index is 0.156. The Labute approximate surface area is 122 Å². The van der Waals surface area contributed by atoms with Crippen LogP contribution in [0.25, 0.3) is 11.3 Å². The number of rotatable bonds is 3. The number of aromatic nitrogens is 4. The largest absolute Gasteiger partial charge is 0.480 e. The van der Waals surface area contributed by atoms with Gasteiger partial charge in [-0.3, -0.25) is 9.48 Å². The Morgan fingerprint density at radius 3 is 2.90 bits per heavy atom. The molecule has 0 saturated heterocycles. The lowest BCUT2D eigenvalue weighted by molar-refractivity contribution is 0.0951. The molecule has 1 fully saturated rings. The number of hydrogen-bond acceptors (Lipinski definition) is 5. The van der Waals surface area contributed by atoms with E-state index in [1.54, 1.807) is 11.8 Å². The summed E-state index contributed by atoms with van der Waals surface area (Å²) in [6, 6.07) is 1.86. The van der Waals surface area contributed by atoms with Crippen molar-refractivity contribution in [1.82, 2.24) is 19.7 Å². The zero-order valence-corrected chi connectivity index (χ0v) is 11.9. The molecule has 3 heterocycles. The highest BCUT2D eigenvalue weighted by molar-refractivity contribution is 5.96. The van der Waals surface area contributed by atoms with Gasteiger partial charge >= 0.3 is 0 Å². The molecule has 0 radical (unpaired) electrons. The van der Waals surface area contributed by atoms with E-state index in [-0.39, 0.29) is 5.78 Å². The van der Waals surface area contributed by atoms with Gasteiger partial charge in [-0.2, -0.15) is 5.10 Å². The van der Waals surface area contributed by atoms with Crippen LogP contribution in [0.3, 0.4) is 0 Å². The van der Waals surface area contributed by atoms with Crippen LogP contribution in [0.1, 0.15) is 47.8 Å². The van der Waals surface area contributed by atoms with Gasteiger partial charge in [-0.05, 0) is 25.3 Å². The number of carbonyl (C=O) groups is 1. The minimum Gasteiger partial charge on any atom is -0.480 e. The van der Waals surface area contributed by atoms with Gasteiger partial charge in [-0.15, -0.1) is 0 Å². The molecule has 0 N–H and O–H groups in total. The first-order valence-electron chi connectivity index (χ1n) is 7.28. The molecule has 0 unspecified atom stereocenters. The zero-order valence-electron chi connectivity index (χ0n) is 11.9. The van der Waals surface area contributed by atoms with E-state index in [0.29, 0.717) is 23.9 Å². The van der Waals surface area contributed by atoms with Crippen molar-refractivity contribution in [3.8, 4) is 17.1 Å². The first-order valence-corrected chi connectivity index (χ1v) is 7.28. The highest BCUT2D eigenvalue weighted by atomic mass is 16.5. The van der Waals surface area contributed by atoms with Crippen molar-refractivity contribution in [2.45, 2.75) is 38.1 Å². The van der Waals surface area contributed by atoms with E-state index >= 15 is 0 Å². The third-order valence-corrected chi connectivity index (χ3v) is 4.09. The van der Waals surface area contributed by atoms with Crippen LogP contribution in [-0.2, 0) is 6.54 Å². The Bertz CT molecular complexity index is 718. The van der Waals surface area contributed by atoms with Crippen LogP contribution in [0.2, 0.25) is 0 Å². The number of nitrogens with zero attached hydrogens (tertiary/aromatic N) is 4. The Morgan fingerprint density at radius 2 is 2.19 bits per heavy atom. The molecular formula is C15H16N4O2. The summed E-state index contributed by atoms with van der Waals surface area (Å²) >= 11 is 0. The Hall–Kier alpha value is -2.24. The third kappa shape index (κ3) is 2.02. The second-order valence-electron chi connectivity index (χ2n) is 5.58. The molecule has 21 heavy (non-hydrogen) atoms. The molecule has 1 aliphatic heterocycles. The highest BCUT2D eigenvalue weighted by Gasteiger charge is 2.32. The van der Waals surface area contributed by atoms with Gasteiger partial charge in [0.15, 0.2) is 5.78 Å². The lowest BCUT2D eigenvalue weighted by atomic mass is 10.1. The van der Waals surface area contributed by atoms with E-state index < -0.39 is 0 Å². The molecule has 0 atom stereocenters. The predicted molar refractivity (Wildman–Crippen MR) is 75.3 cm³/mol. The first-order chi connectivity index (χ1) is 10.3. The van der Waals surface area contributed by atoms with Crippen LogP contribution in [0.5, 0.6) is 5.88 Å². The second-order valence-corrected chi connectivity index (χ2v) is 5.58. The maximum absolute atomic E-state index is 12.0. The van der Waals surface area contributed by atoms with Gasteiger partial charge < -0.3 is 4.74 Å². The Morgan fingerprint density at radius 1 is 1.33 bits per heavy atom. The standard InChI is InChI=1S/C15H16N4O2/c1-21-15-13(14(9-4-5-9)16-8-17-15)10-7-11-12(20)3-2-6-19(11)18-10/h7-9H,2-6H2,1H3. The Kier molecular flexibility index (Phi) is 2.77. The van der Waals surface area contributed by atoms with Crippen molar-refractivity contribution < 1.29 is 9.53 Å². The molecular weight excluding hydrogens is 268 g/mol. The smallest absolute Gasteiger partial charge is 0.226 e. The summed E-state index contributed by atoms with van der Waals surface area (Å²) in [5.41, 5.74) is 3.27. The number of hydrogen-bond donors (Lipinski definition) is 0. The summed E-state index contributed by atoms with van der Waals surface area (Å²) in [5.74, 6) is 1.16. The molecule has 0 bridgehead atoms. The molecule has 2 aromatic rings. The van der Waals surface area contributed by atoms with Crippen LogP contribution < -0.4 is 4.74 Å². The van der Waals surface area contributed by atoms with Crippen molar-refractivity contribution in [2.24, 2.45) is 0 Å². The van der Waals surface area contributed by atoms with Gasteiger partial charge in [0.25, 0.3) is 0 Å². The molecule has 1 saturated carbocycles. The lowest BCUT2D eigenvalue weighted by Gasteiger charge is -2.11. The van der Waals surface area contributed by atoms with E-state index in [9.17, 15) is 4.79 Å². The van der Waals surface area contributed by atoms with Gasteiger partial charge in [-0.25, -0.2) is 9.97 Å². The van der Waals surface area contributed by atoms with Crippen LogP contribution in [0.4, 0.5) is 0 Å². The van der Waals surface area contributed by atoms with Crippen molar-refractivity contribution in [1.29, 1.82) is 0 Å². The summed E-state index contributed by atoms with van der Waals surface area (Å²) in [6.45, 7) is 0.788. The summed E-state index contributed by atoms with van der Waals surface area (Å²) in [6.07, 6.45) is 5.27. The molecule has 6 nitrogen and oxygen atoms in total. The van der Waals surface area contributed by atoms with Crippen molar-refractivity contribution in [3.05, 3.63) is 23.8 Å². The average Bonchev–Trinajstić information content (AvgIpc) is 3.26. The van der Waals surface area contributed by atoms with Crippen molar-refractivity contribution in [3.63, 3.8) is 0 Å². The molecule has 0 amide bonds. The number of methoxy groups -OCH3 is 1. The van der Waals surface area contributed by atoms with E-state index in [1.807, 2.05) is 6.07 Å². The quantitative estimate of drug-likeness (QED) is 0.864. The SMILES string of the molecule is COc1ncnc(C2CC2)c1-c1cc2n(n1)CCCC2=O. The predicted octanol–water partition coefficient (Wildman–Crippen LogP) is 2.20. The molecule has 2 aromatic heterocycles. The van der Waals surface area contributed by atoms with Gasteiger partial charge in [-0.1, -0.05) is 0 Å². The summed E-state index contributed by atoms with van der Waals surface area (Å²) in [4.78, 5) is 20.6. The fourth-order valence-corrected chi connectivity index (χ4v) is 2.90. The summed E-state index contributed by atoms with van der Waals surface area (Å²) in [5, 5.41) is 4.59. The molecule has 0 spiro atoms. The minimum absolute atomic E-state index is 0.156. The molecule has 1 aliphatic carbocycles. The molecule has 4 rings (SSSR count). The van der Waals surface area contributed by atoms with E-state index in [1.165, 1.54) is 6.33 Å². The number of aryl methyl sites for hydroxylation is 1. The zero-order chi connectivity index (χ0) is 14.4.